The highest BCUT2D eigenvalue weighted by molar-refractivity contribution is 6.30. The van der Waals surface area contributed by atoms with Gasteiger partial charge in [0, 0.05) is 28.2 Å². The maximum absolute atomic E-state index is 12.8. The van der Waals surface area contributed by atoms with Gasteiger partial charge in [0.25, 0.3) is 0 Å². The summed E-state index contributed by atoms with van der Waals surface area (Å²) in [4.78, 5) is 17.5. The number of aliphatic carboxylic acids is 1. The Bertz CT molecular complexity index is 1510. The molecule has 1 spiro atoms. The van der Waals surface area contributed by atoms with Crippen LogP contribution in [0.25, 0.3) is 0 Å². The lowest BCUT2D eigenvalue weighted by Crippen LogP contribution is -2.53. The minimum atomic E-state index is -1.06. The van der Waals surface area contributed by atoms with E-state index in [1.807, 2.05) is 37.4 Å². The van der Waals surface area contributed by atoms with Gasteiger partial charge in [0.15, 0.2) is 0 Å². The number of benzene rings is 2. The molecule has 3 N–H and O–H groups in total. The molecular weight excluding hydrogens is 572 g/mol. The Morgan fingerprint density at radius 3 is 2.66 bits per heavy atom. The maximum Gasteiger partial charge on any atom is 0.329 e. The number of carboxylic acid groups (broad SMARTS) is 1. The summed E-state index contributed by atoms with van der Waals surface area (Å²) >= 11 is 6.24. The van der Waals surface area contributed by atoms with E-state index in [1.54, 1.807) is 12.1 Å². The van der Waals surface area contributed by atoms with Gasteiger partial charge in [-0.05, 0) is 129 Å². The number of ether oxygens (including phenoxy) is 1. The molecule has 44 heavy (non-hydrogen) atoms. The average molecular weight is 617 g/mol. The number of rotatable bonds is 9. The van der Waals surface area contributed by atoms with Gasteiger partial charge in [-0.15, -0.1) is 0 Å². The number of hydrogen-bond donors (Lipinski definition) is 3. The van der Waals surface area contributed by atoms with Crippen molar-refractivity contribution in [2.24, 2.45) is 11.8 Å². The van der Waals surface area contributed by atoms with Gasteiger partial charge in [0.05, 0.1) is 12.7 Å². The Hall–Kier alpha value is -3.09. The van der Waals surface area contributed by atoms with E-state index in [9.17, 15) is 15.0 Å². The van der Waals surface area contributed by atoms with Gasteiger partial charge in [0.1, 0.15) is 11.3 Å². The number of aliphatic hydroxyl groups is 1. The zero-order chi connectivity index (χ0) is 31.1. The third-order valence-corrected chi connectivity index (χ3v) is 11.0. The fraction of sp³-hybridized carbons (Fsp3) is 0.514. The predicted octanol–water partition coefficient (Wildman–Crippen LogP) is 8.25. The SMILES string of the molecule is CC(O)c1ccc2c(c1)C1(CCC(Nc3cccc(Cl)c3)(C(=O)O)CC1)C(C[C@@H](C)COc1ccnc3c1[C@H](C)CCC3)C2. The van der Waals surface area contributed by atoms with E-state index in [2.05, 4.69) is 36.3 Å². The molecule has 6 rings (SSSR count). The van der Waals surface area contributed by atoms with Crippen LogP contribution in [0.1, 0.15) is 106 Å². The van der Waals surface area contributed by atoms with Crippen molar-refractivity contribution < 1.29 is 19.7 Å². The number of fused-ring (bicyclic) bond motifs is 3. The Morgan fingerprint density at radius 1 is 1.14 bits per heavy atom. The van der Waals surface area contributed by atoms with Crippen molar-refractivity contribution in [1.29, 1.82) is 0 Å². The smallest absolute Gasteiger partial charge is 0.329 e. The lowest BCUT2D eigenvalue weighted by Gasteiger charge is -2.47. The van der Waals surface area contributed by atoms with E-state index in [0.29, 0.717) is 42.2 Å². The van der Waals surface area contributed by atoms with Crippen molar-refractivity contribution in [3.05, 3.63) is 87.7 Å². The molecule has 0 radical (unpaired) electrons. The van der Waals surface area contributed by atoms with Crippen LogP contribution in [0.5, 0.6) is 5.75 Å². The van der Waals surface area contributed by atoms with E-state index in [1.165, 1.54) is 35.2 Å². The Kier molecular flexibility index (Phi) is 8.69. The van der Waals surface area contributed by atoms with Crippen LogP contribution in [0.3, 0.4) is 0 Å². The summed E-state index contributed by atoms with van der Waals surface area (Å²) in [7, 11) is 0. The van der Waals surface area contributed by atoms with Crippen molar-refractivity contribution in [1.82, 2.24) is 4.98 Å². The average Bonchev–Trinajstić information content (AvgIpc) is 3.28. The summed E-state index contributed by atoms with van der Waals surface area (Å²) in [5.41, 5.74) is 5.54. The number of hydrogen-bond acceptors (Lipinski definition) is 5. The number of nitrogens with one attached hydrogen (secondary N) is 1. The third kappa shape index (κ3) is 5.83. The van der Waals surface area contributed by atoms with Gasteiger partial charge in [-0.3, -0.25) is 4.98 Å². The number of aryl methyl sites for hydroxylation is 1. The molecule has 1 fully saturated rings. The summed E-state index contributed by atoms with van der Waals surface area (Å²) in [6, 6.07) is 15.8. The van der Waals surface area contributed by atoms with Crippen LogP contribution in [0.2, 0.25) is 5.02 Å². The molecule has 3 aromatic rings. The van der Waals surface area contributed by atoms with Crippen LogP contribution in [0.4, 0.5) is 5.69 Å². The highest BCUT2D eigenvalue weighted by atomic mass is 35.5. The molecule has 0 bridgehead atoms. The van der Waals surface area contributed by atoms with E-state index in [4.69, 9.17) is 16.3 Å². The number of anilines is 1. The van der Waals surface area contributed by atoms with Gasteiger partial charge in [0.2, 0.25) is 0 Å². The van der Waals surface area contributed by atoms with Gasteiger partial charge < -0.3 is 20.3 Å². The largest absolute Gasteiger partial charge is 0.493 e. The second-order valence-electron chi connectivity index (χ2n) is 13.8. The lowest BCUT2D eigenvalue weighted by molar-refractivity contribution is -0.144. The van der Waals surface area contributed by atoms with Gasteiger partial charge in [-0.1, -0.05) is 49.7 Å². The second kappa shape index (κ2) is 12.4. The van der Waals surface area contributed by atoms with E-state index in [0.717, 1.165) is 49.1 Å². The summed E-state index contributed by atoms with van der Waals surface area (Å²) in [6.07, 6.45) is 9.20. The molecule has 2 aromatic carbocycles. The molecule has 1 heterocycles. The Labute approximate surface area is 266 Å². The van der Waals surface area contributed by atoms with Crippen molar-refractivity contribution >= 4 is 23.3 Å². The molecular formula is C37H45ClN2O4. The molecule has 3 aliphatic carbocycles. The molecule has 234 valence electrons. The first-order chi connectivity index (χ1) is 21.1. The van der Waals surface area contributed by atoms with E-state index in [-0.39, 0.29) is 5.41 Å². The summed E-state index contributed by atoms with van der Waals surface area (Å²) in [6.45, 7) is 7.00. The number of nitrogens with zero attached hydrogens (tertiary/aromatic N) is 1. The zero-order valence-electron chi connectivity index (χ0n) is 26.1. The molecule has 0 aliphatic heterocycles. The zero-order valence-corrected chi connectivity index (χ0v) is 26.9. The number of carbonyl (C=O) groups is 1. The fourth-order valence-electron chi connectivity index (χ4n) is 8.38. The summed E-state index contributed by atoms with van der Waals surface area (Å²) in [5.74, 6) is 1.31. The molecule has 0 amide bonds. The summed E-state index contributed by atoms with van der Waals surface area (Å²) in [5, 5.41) is 24.9. The summed E-state index contributed by atoms with van der Waals surface area (Å²) < 4.78 is 6.52. The molecule has 6 nitrogen and oxygen atoms in total. The third-order valence-electron chi connectivity index (χ3n) is 10.8. The molecule has 1 saturated carbocycles. The molecule has 3 aliphatic rings. The maximum atomic E-state index is 12.8. The first-order valence-corrected chi connectivity index (χ1v) is 16.7. The minimum absolute atomic E-state index is 0.145. The van der Waals surface area contributed by atoms with E-state index < -0.39 is 17.6 Å². The number of carboxylic acids is 1. The fourth-order valence-corrected chi connectivity index (χ4v) is 8.57. The number of pyridine rings is 1. The molecule has 0 saturated heterocycles. The highest BCUT2D eigenvalue weighted by Gasteiger charge is 2.54. The van der Waals surface area contributed by atoms with E-state index >= 15 is 0 Å². The van der Waals surface area contributed by atoms with Crippen LogP contribution in [0, 0.1) is 11.8 Å². The molecule has 1 aromatic heterocycles. The second-order valence-corrected chi connectivity index (χ2v) is 14.2. The van der Waals surface area contributed by atoms with Crippen LogP contribution >= 0.6 is 11.6 Å². The highest BCUT2D eigenvalue weighted by Crippen LogP contribution is 2.56. The van der Waals surface area contributed by atoms with Crippen LogP contribution < -0.4 is 10.1 Å². The Morgan fingerprint density at radius 2 is 1.93 bits per heavy atom. The monoisotopic (exact) mass is 616 g/mol. The number of aromatic nitrogens is 1. The molecule has 4 atom stereocenters. The predicted molar refractivity (Wildman–Crippen MR) is 175 cm³/mol. The normalized spacial score (nSPS) is 27.3. The standard InChI is InChI=1S/C37H45ClN2O4/c1-23(22-44-33-12-17-39-32-9-4-6-24(2)34(32)33)18-28-19-27-11-10-26(25(3)41)20-31(27)36(28)13-15-37(16-14-36,35(42)43)40-30-8-5-7-29(38)21-30/h5,7-8,10-12,17,20-21,23-25,28,40-41H,4,6,9,13-16,18-19,22H2,1-3H3,(H,42,43)/t23-,24-,25?,28?,36?,37?/m1/s1. The number of halogens is 1. The first-order valence-electron chi connectivity index (χ1n) is 16.3. The first kappa shape index (κ1) is 30.9. The lowest BCUT2D eigenvalue weighted by atomic mass is 9.59. The molecule has 7 heteroatoms. The minimum Gasteiger partial charge on any atom is -0.493 e. The van der Waals surface area contributed by atoms with Crippen molar-refractivity contribution in [2.45, 2.75) is 102 Å². The quantitative estimate of drug-likeness (QED) is 0.224. The van der Waals surface area contributed by atoms with Gasteiger partial charge in [-0.2, -0.15) is 0 Å². The van der Waals surface area contributed by atoms with Crippen LogP contribution in [-0.4, -0.2) is 33.3 Å². The topological polar surface area (TPSA) is 91.7 Å². The van der Waals surface area contributed by atoms with Crippen molar-refractivity contribution in [2.75, 3.05) is 11.9 Å². The van der Waals surface area contributed by atoms with Crippen molar-refractivity contribution in [3.63, 3.8) is 0 Å². The Balaban J connectivity index is 1.24. The number of aliphatic hydroxyl groups excluding tert-OH is 1. The van der Waals surface area contributed by atoms with Crippen LogP contribution in [-0.2, 0) is 23.1 Å². The van der Waals surface area contributed by atoms with Gasteiger partial charge >= 0.3 is 5.97 Å². The van der Waals surface area contributed by atoms with Gasteiger partial charge in [-0.25, -0.2) is 4.79 Å². The van der Waals surface area contributed by atoms with Crippen LogP contribution in [0.15, 0.2) is 54.7 Å². The van der Waals surface area contributed by atoms with Crippen molar-refractivity contribution in [3.8, 4) is 5.75 Å². The molecule has 2 unspecified atom stereocenters.